The number of carbonyl (C=O) groups excluding carboxylic acids is 1. The summed E-state index contributed by atoms with van der Waals surface area (Å²) in [5, 5.41) is 14.8. The number of carbonyl (C=O) groups is 2. The average molecular weight is 264 g/mol. The van der Waals surface area contributed by atoms with Crippen molar-refractivity contribution in [1.82, 2.24) is 10.6 Å². The molecule has 0 aliphatic carbocycles. The van der Waals surface area contributed by atoms with Crippen molar-refractivity contribution in [3.63, 3.8) is 0 Å². The van der Waals surface area contributed by atoms with Crippen LogP contribution in [-0.2, 0) is 11.3 Å². The number of hydrogen-bond donors (Lipinski definition) is 3. The van der Waals surface area contributed by atoms with Crippen LogP contribution in [0.25, 0.3) is 0 Å². The van der Waals surface area contributed by atoms with Crippen LogP contribution in [0.2, 0.25) is 0 Å². The van der Waals surface area contributed by atoms with E-state index in [1.54, 1.807) is 18.2 Å². The van der Waals surface area contributed by atoms with Crippen LogP contribution in [0.3, 0.4) is 0 Å². The van der Waals surface area contributed by atoms with E-state index >= 15 is 0 Å². The van der Waals surface area contributed by atoms with Crippen molar-refractivity contribution in [1.29, 1.82) is 0 Å². The first kappa shape index (κ1) is 15.2. The minimum atomic E-state index is -0.932. The quantitative estimate of drug-likeness (QED) is 0.650. The van der Waals surface area contributed by atoms with Gasteiger partial charge in [-0.1, -0.05) is 12.1 Å². The average Bonchev–Trinajstić information content (AvgIpc) is 2.34. The molecule has 1 aromatic rings. The fourth-order valence-corrected chi connectivity index (χ4v) is 1.64. The van der Waals surface area contributed by atoms with Gasteiger partial charge < -0.3 is 15.7 Å². The minimum absolute atomic E-state index is 0.0155. The van der Waals surface area contributed by atoms with Crippen molar-refractivity contribution in [3.8, 4) is 0 Å². The highest BCUT2D eigenvalue weighted by Crippen LogP contribution is 2.04. The van der Waals surface area contributed by atoms with Crippen LogP contribution in [0.1, 0.15) is 36.2 Å². The summed E-state index contributed by atoms with van der Waals surface area (Å²) < 4.78 is 0. The van der Waals surface area contributed by atoms with Gasteiger partial charge in [0.25, 0.3) is 0 Å². The van der Waals surface area contributed by atoms with Crippen molar-refractivity contribution < 1.29 is 14.7 Å². The van der Waals surface area contributed by atoms with Crippen molar-refractivity contribution in [2.24, 2.45) is 0 Å². The molecule has 0 atom stereocenters. The number of carboxylic acids is 1. The van der Waals surface area contributed by atoms with Gasteiger partial charge in [0.2, 0.25) is 5.91 Å². The van der Waals surface area contributed by atoms with Crippen molar-refractivity contribution in [2.75, 3.05) is 6.54 Å². The fraction of sp³-hybridized carbons (Fsp3) is 0.429. The third-order valence-electron chi connectivity index (χ3n) is 2.48. The van der Waals surface area contributed by atoms with E-state index in [9.17, 15) is 9.59 Å². The predicted molar refractivity (Wildman–Crippen MR) is 73.0 cm³/mol. The van der Waals surface area contributed by atoms with E-state index in [1.807, 2.05) is 19.9 Å². The second-order valence-electron chi connectivity index (χ2n) is 4.65. The molecule has 0 aliphatic heterocycles. The van der Waals surface area contributed by atoms with E-state index in [1.165, 1.54) is 0 Å². The molecule has 0 bridgehead atoms. The Kier molecular flexibility index (Phi) is 6.02. The molecule has 0 heterocycles. The SMILES string of the molecule is CC(C)NC(=O)CCNCc1cccc(C(=O)O)c1. The smallest absolute Gasteiger partial charge is 0.335 e. The Bertz CT molecular complexity index is 444. The lowest BCUT2D eigenvalue weighted by Gasteiger charge is -2.09. The number of aromatic carboxylic acids is 1. The monoisotopic (exact) mass is 264 g/mol. The third kappa shape index (κ3) is 6.01. The summed E-state index contributed by atoms with van der Waals surface area (Å²) >= 11 is 0. The Morgan fingerprint density at radius 3 is 2.68 bits per heavy atom. The minimum Gasteiger partial charge on any atom is -0.478 e. The van der Waals surface area contributed by atoms with Gasteiger partial charge in [0.15, 0.2) is 0 Å². The van der Waals surface area contributed by atoms with Gasteiger partial charge in [0.05, 0.1) is 5.56 Å². The number of benzene rings is 1. The van der Waals surface area contributed by atoms with Crippen LogP contribution in [0.4, 0.5) is 0 Å². The van der Waals surface area contributed by atoms with Crippen LogP contribution in [-0.4, -0.2) is 29.6 Å². The summed E-state index contributed by atoms with van der Waals surface area (Å²) in [7, 11) is 0. The molecule has 0 aliphatic rings. The topological polar surface area (TPSA) is 78.4 Å². The molecule has 0 fully saturated rings. The Morgan fingerprint density at radius 2 is 2.05 bits per heavy atom. The Labute approximate surface area is 113 Å². The van der Waals surface area contributed by atoms with Crippen molar-refractivity contribution in [2.45, 2.75) is 32.9 Å². The van der Waals surface area contributed by atoms with Crippen LogP contribution in [0, 0.1) is 0 Å². The molecule has 0 unspecified atom stereocenters. The highest BCUT2D eigenvalue weighted by atomic mass is 16.4. The van der Waals surface area contributed by atoms with Gasteiger partial charge >= 0.3 is 5.97 Å². The molecular weight excluding hydrogens is 244 g/mol. The molecule has 104 valence electrons. The number of amides is 1. The number of hydrogen-bond acceptors (Lipinski definition) is 3. The zero-order valence-electron chi connectivity index (χ0n) is 11.3. The maximum Gasteiger partial charge on any atom is 0.335 e. The molecule has 3 N–H and O–H groups in total. The summed E-state index contributed by atoms with van der Waals surface area (Å²) in [6, 6.07) is 6.91. The molecule has 5 nitrogen and oxygen atoms in total. The van der Waals surface area contributed by atoms with Crippen molar-refractivity contribution >= 4 is 11.9 Å². The lowest BCUT2D eigenvalue weighted by Crippen LogP contribution is -2.32. The van der Waals surface area contributed by atoms with E-state index < -0.39 is 5.97 Å². The molecule has 0 spiro atoms. The molecule has 0 radical (unpaired) electrons. The summed E-state index contributed by atoms with van der Waals surface area (Å²) in [6.07, 6.45) is 0.413. The first-order valence-corrected chi connectivity index (χ1v) is 6.31. The largest absolute Gasteiger partial charge is 0.478 e. The van der Waals surface area contributed by atoms with Gasteiger partial charge in [-0.25, -0.2) is 4.79 Å². The second kappa shape index (κ2) is 7.53. The maximum atomic E-state index is 11.4. The molecule has 0 aromatic heterocycles. The lowest BCUT2D eigenvalue weighted by molar-refractivity contribution is -0.121. The van der Waals surface area contributed by atoms with E-state index in [0.717, 1.165) is 5.56 Å². The molecule has 0 saturated carbocycles. The predicted octanol–water partition coefficient (Wildman–Crippen LogP) is 1.39. The summed E-state index contributed by atoms with van der Waals surface area (Å²) in [5.41, 5.74) is 1.17. The van der Waals surface area contributed by atoms with E-state index in [0.29, 0.717) is 19.5 Å². The fourth-order valence-electron chi connectivity index (χ4n) is 1.64. The van der Waals surface area contributed by atoms with Crippen LogP contribution in [0.5, 0.6) is 0 Å². The molecule has 1 amide bonds. The van der Waals surface area contributed by atoms with Gasteiger partial charge in [0.1, 0.15) is 0 Å². The molecule has 5 heteroatoms. The summed E-state index contributed by atoms with van der Waals surface area (Å²) in [6.45, 7) is 4.96. The maximum absolute atomic E-state index is 11.4. The Balaban J connectivity index is 2.31. The molecule has 1 aromatic carbocycles. The first-order chi connectivity index (χ1) is 8.99. The van der Waals surface area contributed by atoms with E-state index in [4.69, 9.17) is 5.11 Å². The molecule has 0 saturated heterocycles. The Morgan fingerprint density at radius 1 is 1.32 bits per heavy atom. The van der Waals surface area contributed by atoms with E-state index in [-0.39, 0.29) is 17.5 Å². The van der Waals surface area contributed by atoms with Gasteiger partial charge in [-0.3, -0.25) is 4.79 Å². The highest BCUT2D eigenvalue weighted by molar-refractivity contribution is 5.87. The second-order valence-corrected chi connectivity index (χ2v) is 4.65. The summed E-state index contributed by atoms with van der Waals surface area (Å²) in [4.78, 5) is 22.2. The molecular formula is C14H20N2O3. The first-order valence-electron chi connectivity index (χ1n) is 6.31. The van der Waals surface area contributed by atoms with Gasteiger partial charge in [0, 0.05) is 25.6 Å². The zero-order chi connectivity index (χ0) is 14.3. The number of nitrogens with one attached hydrogen (secondary N) is 2. The lowest BCUT2D eigenvalue weighted by atomic mass is 10.1. The normalized spacial score (nSPS) is 10.5. The van der Waals surface area contributed by atoms with Crippen LogP contribution >= 0.6 is 0 Å². The molecule has 1 rings (SSSR count). The van der Waals surface area contributed by atoms with Gasteiger partial charge in [-0.15, -0.1) is 0 Å². The van der Waals surface area contributed by atoms with E-state index in [2.05, 4.69) is 10.6 Å². The highest BCUT2D eigenvalue weighted by Gasteiger charge is 2.04. The number of rotatable bonds is 7. The van der Waals surface area contributed by atoms with Crippen LogP contribution in [0.15, 0.2) is 24.3 Å². The number of carboxylic acid groups (broad SMARTS) is 1. The third-order valence-corrected chi connectivity index (χ3v) is 2.48. The molecule has 19 heavy (non-hydrogen) atoms. The van der Waals surface area contributed by atoms with Crippen molar-refractivity contribution in [3.05, 3.63) is 35.4 Å². The standard InChI is InChI=1S/C14H20N2O3/c1-10(2)16-13(17)6-7-15-9-11-4-3-5-12(8-11)14(18)19/h3-5,8,10,15H,6-7,9H2,1-2H3,(H,16,17)(H,18,19). The van der Waals surface area contributed by atoms with Gasteiger partial charge in [-0.05, 0) is 31.5 Å². The zero-order valence-corrected chi connectivity index (χ0v) is 11.3. The van der Waals surface area contributed by atoms with Crippen LogP contribution < -0.4 is 10.6 Å². The van der Waals surface area contributed by atoms with Gasteiger partial charge in [-0.2, -0.15) is 0 Å². The Hall–Kier alpha value is -1.88. The summed E-state index contributed by atoms with van der Waals surface area (Å²) in [5.74, 6) is -0.917.